The fourth-order valence-corrected chi connectivity index (χ4v) is 3.63. The van der Waals surface area contributed by atoms with Crippen LogP contribution in [0.1, 0.15) is 31.6 Å². The van der Waals surface area contributed by atoms with Gasteiger partial charge < -0.3 is 5.11 Å². The van der Waals surface area contributed by atoms with Crippen LogP contribution in [0, 0.1) is 0 Å². The Morgan fingerprint density at radius 3 is 2.68 bits per heavy atom. The van der Waals surface area contributed by atoms with E-state index in [-0.39, 0.29) is 24.0 Å². The molecule has 0 amide bonds. The molecule has 1 aromatic rings. The molecule has 1 rings (SSSR count). The van der Waals surface area contributed by atoms with Gasteiger partial charge in [-0.1, -0.05) is 19.9 Å². The van der Waals surface area contributed by atoms with E-state index in [1.54, 1.807) is 11.3 Å². The molecule has 0 radical (unpaired) electrons. The summed E-state index contributed by atoms with van der Waals surface area (Å²) in [4.78, 5) is 11.5. The molecule has 0 saturated carbocycles. The van der Waals surface area contributed by atoms with Crippen LogP contribution in [0.25, 0.3) is 0 Å². The van der Waals surface area contributed by atoms with E-state index in [2.05, 4.69) is 4.72 Å². The predicted octanol–water partition coefficient (Wildman–Crippen LogP) is 1.81. The number of aliphatic carboxylic acids is 1. The number of nitrogens with one attached hydrogen (secondary N) is 1. The van der Waals surface area contributed by atoms with E-state index < -0.39 is 16.0 Å². The number of hydrogen-bond donors (Lipinski definition) is 2. The molecule has 0 aliphatic rings. The van der Waals surface area contributed by atoms with Crippen molar-refractivity contribution in [3.05, 3.63) is 22.4 Å². The summed E-state index contributed by atoms with van der Waals surface area (Å²) >= 11 is 1.59. The highest BCUT2D eigenvalue weighted by Crippen LogP contribution is 2.26. The SMILES string of the molecule is CC(C)(CNS(=O)(=O)CCCC(=O)O)c1cccs1. The first-order valence-electron chi connectivity index (χ1n) is 5.96. The zero-order chi connectivity index (χ0) is 14.5. The van der Waals surface area contributed by atoms with Crippen molar-refractivity contribution in [1.29, 1.82) is 0 Å². The molecule has 0 saturated heterocycles. The normalized spacial score (nSPS) is 12.5. The van der Waals surface area contributed by atoms with Gasteiger partial charge in [-0.15, -0.1) is 11.3 Å². The standard InChI is InChI=1S/C12H19NO4S2/c1-12(2,10-5-3-7-18-10)9-13-19(16,17)8-4-6-11(14)15/h3,5,7,13H,4,6,8-9H2,1-2H3,(H,14,15). The zero-order valence-corrected chi connectivity index (χ0v) is 12.7. The number of carbonyl (C=O) groups is 1. The van der Waals surface area contributed by atoms with Crippen LogP contribution >= 0.6 is 11.3 Å². The molecule has 19 heavy (non-hydrogen) atoms. The van der Waals surface area contributed by atoms with Crippen LogP contribution in [-0.4, -0.2) is 31.8 Å². The highest BCUT2D eigenvalue weighted by Gasteiger charge is 2.24. The average Bonchev–Trinajstić information content (AvgIpc) is 2.80. The highest BCUT2D eigenvalue weighted by molar-refractivity contribution is 7.89. The molecule has 0 fully saturated rings. The van der Waals surface area contributed by atoms with Gasteiger partial charge in [0.05, 0.1) is 5.75 Å². The number of rotatable bonds is 8. The highest BCUT2D eigenvalue weighted by atomic mass is 32.2. The van der Waals surface area contributed by atoms with Gasteiger partial charge in [0, 0.05) is 23.3 Å². The summed E-state index contributed by atoms with van der Waals surface area (Å²) in [6, 6.07) is 3.91. The lowest BCUT2D eigenvalue weighted by Crippen LogP contribution is -2.37. The third-order valence-electron chi connectivity index (χ3n) is 2.73. The molecule has 0 aliphatic heterocycles. The molecule has 108 valence electrons. The maximum Gasteiger partial charge on any atom is 0.303 e. The Kier molecular flexibility index (Phi) is 5.51. The van der Waals surface area contributed by atoms with Crippen molar-refractivity contribution in [2.24, 2.45) is 0 Å². The van der Waals surface area contributed by atoms with Crippen LogP contribution in [0.3, 0.4) is 0 Å². The van der Waals surface area contributed by atoms with Crippen LogP contribution < -0.4 is 4.72 Å². The fraction of sp³-hybridized carbons (Fsp3) is 0.583. The molecule has 5 nitrogen and oxygen atoms in total. The monoisotopic (exact) mass is 305 g/mol. The van der Waals surface area contributed by atoms with Crippen LogP contribution in [-0.2, 0) is 20.2 Å². The molecule has 0 atom stereocenters. The van der Waals surface area contributed by atoms with Crippen molar-refractivity contribution in [2.45, 2.75) is 32.1 Å². The van der Waals surface area contributed by atoms with Gasteiger partial charge in [-0.3, -0.25) is 4.79 Å². The quantitative estimate of drug-likeness (QED) is 0.767. The maximum absolute atomic E-state index is 11.7. The van der Waals surface area contributed by atoms with E-state index in [9.17, 15) is 13.2 Å². The minimum atomic E-state index is -3.41. The molecular formula is C12H19NO4S2. The molecule has 7 heteroatoms. The molecular weight excluding hydrogens is 286 g/mol. The Morgan fingerprint density at radius 2 is 2.16 bits per heavy atom. The summed E-state index contributed by atoms with van der Waals surface area (Å²) < 4.78 is 26.0. The van der Waals surface area contributed by atoms with E-state index >= 15 is 0 Å². The van der Waals surface area contributed by atoms with Crippen LogP contribution in [0.2, 0.25) is 0 Å². The second-order valence-electron chi connectivity index (χ2n) is 5.00. The Morgan fingerprint density at radius 1 is 1.47 bits per heavy atom. The van der Waals surface area contributed by atoms with Gasteiger partial charge in [0.15, 0.2) is 0 Å². The van der Waals surface area contributed by atoms with Crippen molar-refractivity contribution in [3.63, 3.8) is 0 Å². The van der Waals surface area contributed by atoms with Gasteiger partial charge in [-0.2, -0.15) is 0 Å². The Balaban J connectivity index is 2.49. The van der Waals surface area contributed by atoms with E-state index in [0.717, 1.165) is 4.88 Å². The number of carboxylic acids is 1. The average molecular weight is 305 g/mol. The molecule has 1 heterocycles. The molecule has 0 aliphatic carbocycles. The van der Waals surface area contributed by atoms with E-state index in [1.165, 1.54) is 0 Å². The number of sulfonamides is 1. The largest absolute Gasteiger partial charge is 0.481 e. The summed E-state index contributed by atoms with van der Waals surface area (Å²) in [6.07, 6.45) is -0.000670. The predicted molar refractivity (Wildman–Crippen MR) is 76.0 cm³/mol. The van der Waals surface area contributed by atoms with Crippen molar-refractivity contribution in [1.82, 2.24) is 4.72 Å². The first kappa shape index (κ1) is 16.1. The van der Waals surface area contributed by atoms with Crippen molar-refractivity contribution in [3.8, 4) is 0 Å². The van der Waals surface area contributed by atoms with Crippen molar-refractivity contribution >= 4 is 27.3 Å². The van der Waals surface area contributed by atoms with Crippen LogP contribution in [0.15, 0.2) is 17.5 Å². The first-order valence-corrected chi connectivity index (χ1v) is 8.49. The lowest BCUT2D eigenvalue weighted by Gasteiger charge is -2.23. The van der Waals surface area contributed by atoms with Gasteiger partial charge in [0.1, 0.15) is 0 Å². The van der Waals surface area contributed by atoms with Crippen LogP contribution in [0.4, 0.5) is 0 Å². The minimum absolute atomic E-state index is 0.129. The third-order valence-corrected chi connectivity index (χ3v) is 5.37. The second kappa shape index (κ2) is 6.49. The minimum Gasteiger partial charge on any atom is -0.481 e. The molecule has 0 unspecified atom stereocenters. The van der Waals surface area contributed by atoms with Crippen molar-refractivity contribution < 1.29 is 18.3 Å². The molecule has 2 N–H and O–H groups in total. The van der Waals surface area contributed by atoms with Gasteiger partial charge in [-0.05, 0) is 17.9 Å². The second-order valence-corrected chi connectivity index (χ2v) is 7.87. The number of hydrogen-bond acceptors (Lipinski definition) is 4. The van der Waals surface area contributed by atoms with Gasteiger partial charge in [0.2, 0.25) is 10.0 Å². The molecule has 0 bridgehead atoms. The van der Waals surface area contributed by atoms with Crippen LogP contribution in [0.5, 0.6) is 0 Å². The lowest BCUT2D eigenvalue weighted by atomic mass is 9.92. The van der Waals surface area contributed by atoms with E-state index in [1.807, 2.05) is 31.4 Å². The number of carboxylic acid groups (broad SMARTS) is 1. The van der Waals surface area contributed by atoms with Gasteiger partial charge >= 0.3 is 5.97 Å². The summed E-state index contributed by atoms with van der Waals surface area (Å²) in [5.74, 6) is -1.13. The zero-order valence-electron chi connectivity index (χ0n) is 11.0. The Labute approximate surface area is 117 Å². The number of thiophene rings is 1. The maximum atomic E-state index is 11.7. The molecule has 1 aromatic heterocycles. The smallest absolute Gasteiger partial charge is 0.303 e. The summed E-state index contributed by atoms with van der Waals surface area (Å²) in [5.41, 5.74) is -0.270. The fourth-order valence-electron chi connectivity index (χ4n) is 1.53. The summed E-state index contributed by atoms with van der Waals surface area (Å²) in [6.45, 7) is 4.25. The summed E-state index contributed by atoms with van der Waals surface area (Å²) in [5, 5.41) is 10.4. The molecule has 0 aromatic carbocycles. The van der Waals surface area contributed by atoms with Crippen molar-refractivity contribution in [2.75, 3.05) is 12.3 Å². The topological polar surface area (TPSA) is 83.5 Å². The molecule has 0 spiro atoms. The van der Waals surface area contributed by atoms with E-state index in [0.29, 0.717) is 6.54 Å². The Bertz CT molecular complexity index is 506. The van der Waals surface area contributed by atoms with E-state index in [4.69, 9.17) is 5.11 Å². The van der Waals surface area contributed by atoms with Gasteiger partial charge in [-0.25, -0.2) is 13.1 Å². The van der Waals surface area contributed by atoms with Gasteiger partial charge in [0.25, 0.3) is 0 Å². The third kappa shape index (κ3) is 5.71. The Hall–Kier alpha value is -0.920. The summed E-state index contributed by atoms with van der Waals surface area (Å²) in [7, 11) is -3.41. The lowest BCUT2D eigenvalue weighted by molar-refractivity contribution is -0.137. The first-order chi connectivity index (χ1) is 8.73.